The van der Waals surface area contributed by atoms with Gasteiger partial charge in [0.05, 0.1) is 0 Å². The van der Waals surface area contributed by atoms with Crippen molar-refractivity contribution in [3.05, 3.63) is 35.4 Å². The fourth-order valence-electron chi connectivity index (χ4n) is 4.27. The van der Waals surface area contributed by atoms with Crippen LogP contribution in [-0.2, 0) is 4.79 Å². The zero-order chi connectivity index (χ0) is 16.0. The molecule has 2 aliphatic heterocycles. The number of nitrogens with one attached hydrogen (secondary N) is 1. The van der Waals surface area contributed by atoms with E-state index in [1.807, 2.05) is 4.90 Å². The van der Waals surface area contributed by atoms with Gasteiger partial charge in [-0.1, -0.05) is 6.07 Å². The number of hydrogen-bond donors (Lipinski definition) is 1. The minimum Gasteiger partial charge on any atom is -0.342 e. The van der Waals surface area contributed by atoms with Gasteiger partial charge >= 0.3 is 0 Å². The highest BCUT2D eigenvalue weighted by Crippen LogP contribution is 2.50. The van der Waals surface area contributed by atoms with Gasteiger partial charge in [-0.25, -0.2) is 8.78 Å². The zero-order valence-corrected chi connectivity index (χ0v) is 13.2. The summed E-state index contributed by atoms with van der Waals surface area (Å²) in [5, 5.41) is 3.43. The Hall–Kier alpha value is -1.49. The van der Waals surface area contributed by atoms with E-state index in [1.165, 1.54) is 18.6 Å². The summed E-state index contributed by atoms with van der Waals surface area (Å²) < 4.78 is 26.9. The molecule has 2 saturated heterocycles. The normalized spacial score (nSPS) is 29.0. The first kappa shape index (κ1) is 15.1. The first-order valence-electron chi connectivity index (χ1n) is 8.52. The molecule has 2 heterocycles. The lowest BCUT2D eigenvalue weighted by Gasteiger charge is -2.39. The number of benzene rings is 1. The molecule has 23 heavy (non-hydrogen) atoms. The molecule has 124 valence electrons. The average molecular weight is 320 g/mol. The predicted molar refractivity (Wildman–Crippen MR) is 82.9 cm³/mol. The summed E-state index contributed by atoms with van der Waals surface area (Å²) in [6, 6.07) is 3.67. The fourth-order valence-corrected chi connectivity index (χ4v) is 4.27. The van der Waals surface area contributed by atoms with Crippen LogP contribution in [0.15, 0.2) is 18.2 Å². The number of nitrogens with zero attached hydrogens (tertiary/aromatic N) is 1. The summed E-state index contributed by atoms with van der Waals surface area (Å²) in [7, 11) is 0. The molecule has 4 rings (SSSR count). The van der Waals surface area contributed by atoms with Crippen molar-refractivity contribution in [3.63, 3.8) is 0 Å². The third kappa shape index (κ3) is 2.75. The average Bonchev–Trinajstić information content (AvgIpc) is 3.20. The van der Waals surface area contributed by atoms with Crippen molar-refractivity contribution in [2.24, 2.45) is 11.3 Å². The van der Waals surface area contributed by atoms with E-state index in [0.29, 0.717) is 17.4 Å². The lowest BCUT2D eigenvalue weighted by Crippen LogP contribution is -2.44. The van der Waals surface area contributed by atoms with Crippen LogP contribution >= 0.6 is 0 Å². The number of amides is 1. The molecule has 1 spiro atoms. The second kappa shape index (κ2) is 5.55. The topological polar surface area (TPSA) is 32.3 Å². The maximum Gasteiger partial charge on any atom is 0.226 e. The molecule has 3 aliphatic rings. The van der Waals surface area contributed by atoms with Gasteiger partial charge in [0.25, 0.3) is 0 Å². The smallest absolute Gasteiger partial charge is 0.226 e. The molecule has 3 nitrogen and oxygen atoms in total. The van der Waals surface area contributed by atoms with Crippen LogP contribution in [0.4, 0.5) is 8.78 Å². The number of piperidine rings is 1. The number of likely N-dealkylation sites (tertiary alicyclic amines) is 1. The quantitative estimate of drug-likeness (QED) is 0.909. The number of halogens is 2. The van der Waals surface area contributed by atoms with Crippen molar-refractivity contribution in [2.75, 3.05) is 26.2 Å². The molecule has 0 aromatic heterocycles. The van der Waals surface area contributed by atoms with E-state index in [2.05, 4.69) is 5.32 Å². The number of carbonyl (C=O) groups excluding carboxylic acids is 1. The summed E-state index contributed by atoms with van der Waals surface area (Å²) >= 11 is 0. The Morgan fingerprint density at radius 2 is 2.00 bits per heavy atom. The molecule has 1 aromatic rings. The Bertz CT molecular complexity index is 617. The summed E-state index contributed by atoms with van der Waals surface area (Å²) in [5.41, 5.74) is 0.876. The fraction of sp³-hybridized carbons (Fsp3) is 0.611. The van der Waals surface area contributed by atoms with Crippen molar-refractivity contribution in [2.45, 2.75) is 31.6 Å². The molecule has 1 amide bonds. The molecule has 1 aliphatic carbocycles. The van der Waals surface area contributed by atoms with Crippen LogP contribution in [0.25, 0.3) is 0 Å². The first-order chi connectivity index (χ1) is 11.1. The monoisotopic (exact) mass is 320 g/mol. The van der Waals surface area contributed by atoms with Crippen LogP contribution in [0.1, 0.15) is 37.2 Å². The van der Waals surface area contributed by atoms with Crippen LogP contribution in [-0.4, -0.2) is 37.0 Å². The van der Waals surface area contributed by atoms with Gasteiger partial charge in [0.2, 0.25) is 5.91 Å². The Morgan fingerprint density at radius 1 is 1.22 bits per heavy atom. The largest absolute Gasteiger partial charge is 0.342 e. The molecule has 1 N–H and O–H groups in total. The van der Waals surface area contributed by atoms with E-state index < -0.39 is 11.6 Å². The van der Waals surface area contributed by atoms with E-state index >= 15 is 0 Å². The summed E-state index contributed by atoms with van der Waals surface area (Å²) in [5.74, 6) is -1.14. The highest BCUT2D eigenvalue weighted by atomic mass is 19.1. The molecule has 3 fully saturated rings. The van der Waals surface area contributed by atoms with Gasteiger partial charge in [-0.2, -0.15) is 0 Å². The van der Waals surface area contributed by atoms with E-state index in [1.54, 1.807) is 0 Å². The van der Waals surface area contributed by atoms with Crippen LogP contribution in [0, 0.1) is 23.0 Å². The van der Waals surface area contributed by atoms with E-state index in [0.717, 1.165) is 45.1 Å². The maximum atomic E-state index is 13.8. The van der Waals surface area contributed by atoms with Crippen molar-refractivity contribution in [3.8, 4) is 0 Å². The minimum atomic E-state index is -0.568. The Kier molecular flexibility index (Phi) is 3.63. The van der Waals surface area contributed by atoms with Crippen LogP contribution < -0.4 is 5.32 Å². The summed E-state index contributed by atoms with van der Waals surface area (Å²) in [6.07, 6.45) is 4.02. The standard InChI is InChI=1S/C18H22F2N2O/c19-12-1-2-13(16(20)9-12)14-10-15(14)17(23)22-7-4-18(5-8-22)3-6-21-11-18/h1-2,9,14-15,21H,3-8,10-11H2. The minimum absolute atomic E-state index is 0.0767. The molecule has 1 saturated carbocycles. The number of rotatable bonds is 2. The van der Waals surface area contributed by atoms with Gasteiger partial charge < -0.3 is 10.2 Å². The van der Waals surface area contributed by atoms with Gasteiger partial charge in [-0.15, -0.1) is 0 Å². The molecular weight excluding hydrogens is 298 g/mol. The van der Waals surface area contributed by atoms with Crippen molar-refractivity contribution in [1.82, 2.24) is 10.2 Å². The van der Waals surface area contributed by atoms with Crippen molar-refractivity contribution >= 4 is 5.91 Å². The van der Waals surface area contributed by atoms with E-state index in [-0.39, 0.29) is 17.7 Å². The second-order valence-corrected chi connectivity index (χ2v) is 7.37. The lowest BCUT2D eigenvalue weighted by molar-refractivity contribution is -0.134. The molecule has 0 radical (unpaired) electrons. The molecular formula is C18H22F2N2O. The maximum absolute atomic E-state index is 13.8. The van der Waals surface area contributed by atoms with Gasteiger partial charge in [0.1, 0.15) is 11.6 Å². The van der Waals surface area contributed by atoms with Crippen molar-refractivity contribution in [1.29, 1.82) is 0 Å². The van der Waals surface area contributed by atoms with E-state index in [4.69, 9.17) is 0 Å². The Balaban J connectivity index is 1.38. The predicted octanol–water partition coefficient (Wildman–Crippen LogP) is 2.67. The molecule has 0 bridgehead atoms. The molecule has 2 atom stereocenters. The Morgan fingerprint density at radius 3 is 2.65 bits per heavy atom. The van der Waals surface area contributed by atoms with Gasteiger partial charge in [0.15, 0.2) is 0 Å². The highest BCUT2D eigenvalue weighted by Gasteiger charge is 2.48. The SMILES string of the molecule is O=C(C1CC1c1ccc(F)cc1F)N1CCC2(CCNC2)CC1. The third-order valence-corrected chi connectivity index (χ3v) is 5.94. The molecule has 2 unspecified atom stereocenters. The highest BCUT2D eigenvalue weighted by molar-refractivity contribution is 5.83. The van der Waals surface area contributed by atoms with Gasteiger partial charge in [-0.3, -0.25) is 4.79 Å². The number of hydrogen-bond acceptors (Lipinski definition) is 2. The second-order valence-electron chi connectivity index (χ2n) is 7.37. The van der Waals surface area contributed by atoms with Gasteiger partial charge in [0, 0.05) is 31.6 Å². The number of carbonyl (C=O) groups is 1. The third-order valence-electron chi connectivity index (χ3n) is 5.94. The zero-order valence-electron chi connectivity index (χ0n) is 13.2. The summed E-state index contributed by atoms with van der Waals surface area (Å²) in [6.45, 7) is 3.79. The van der Waals surface area contributed by atoms with Crippen LogP contribution in [0.5, 0.6) is 0 Å². The Labute approximate surface area is 135 Å². The molecule has 1 aromatic carbocycles. The van der Waals surface area contributed by atoms with Crippen LogP contribution in [0.3, 0.4) is 0 Å². The molecule has 5 heteroatoms. The summed E-state index contributed by atoms with van der Waals surface area (Å²) in [4.78, 5) is 14.6. The van der Waals surface area contributed by atoms with E-state index in [9.17, 15) is 13.6 Å². The first-order valence-corrected chi connectivity index (χ1v) is 8.52. The lowest BCUT2D eigenvalue weighted by atomic mass is 9.78. The van der Waals surface area contributed by atoms with Gasteiger partial charge in [-0.05, 0) is 55.2 Å². The van der Waals surface area contributed by atoms with Crippen LogP contribution in [0.2, 0.25) is 0 Å². The van der Waals surface area contributed by atoms with Crippen molar-refractivity contribution < 1.29 is 13.6 Å².